The van der Waals surface area contributed by atoms with Crippen LogP contribution in [0.5, 0.6) is 0 Å². The molecule has 0 spiro atoms. The Labute approximate surface area is 117 Å². The molecule has 0 heterocycles. The topological polar surface area (TPSA) is 26.0 Å². The Kier molecular flexibility index (Phi) is 3.42. The molecule has 19 heavy (non-hydrogen) atoms. The third-order valence-corrected chi connectivity index (χ3v) is 5.24. The molecule has 1 heteroatoms. The second kappa shape index (κ2) is 4.94. The van der Waals surface area contributed by atoms with Crippen molar-refractivity contribution in [3.63, 3.8) is 0 Å². The van der Waals surface area contributed by atoms with Gasteiger partial charge in [0, 0.05) is 6.04 Å². The second-order valence-corrected chi connectivity index (χ2v) is 7.49. The molecule has 2 aliphatic carbocycles. The molecule has 2 aliphatic rings. The normalized spacial score (nSPS) is 29.2. The molecular formula is C18H27N. The number of aryl methyl sites for hydroxylation is 2. The molecule has 0 amide bonds. The van der Waals surface area contributed by atoms with E-state index in [1.54, 1.807) is 11.1 Å². The molecule has 1 saturated carbocycles. The number of benzene rings is 1. The summed E-state index contributed by atoms with van der Waals surface area (Å²) in [5.41, 5.74) is 11.5. The summed E-state index contributed by atoms with van der Waals surface area (Å²) in [6.45, 7) is 4.79. The van der Waals surface area contributed by atoms with Crippen LogP contribution in [0.15, 0.2) is 18.2 Å². The SMILES string of the molecule is CC1(C)CCC(N)C(Cc2ccc3c(c2)CCC3)C1. The van der Waals surface area contributed by atoms with E-state index in [1.807, 2.05) is 0 Å². The summed E-state index contributed by atoms with van der Waals surface area (Å²) in [7, 11) is 0. The highest BCUT2D eigenvalue weighted by Gasteiger charge is 2.32. The molecular weight excluding hydrogens is 230 g/mol. The number of hydrogen-bond acceptors (Lipinski definition) is 1. The monoisotopic (exact) mass is 257 g/mol. The number of fused-ring (bicyclic) bond motifs is 1. The first-order chi connectivity index (χ1) is 9.03. The van der Waals surface area contributed by atoms with E-state index in [4.69, 9.17) is 5.73 Å². The molecule has 0 radical (unpaired) electrons. The molecule has 0 aromatic heterocycles. The van der Waals surface area contributed by atoms with Crippen molar-refractivity contribution >= 4 is 0 Å². The number of rotatable bonds is 2. The lowest BCUT2D eigenvalue weighted by atomic mass is 9.68. The Hall–Kier alpha value is -0.820. The zero-order valence-electron chi connectivity index (χ0n) is 12.4. The summed E-state index contributed by atoms with van der Waals surface area (Å²) in [4.78, 5) is 0. The molecule has 0 aliphatic heterocycles. The van der Waals surface area contributed by atoms with E-state index >= 15 is 0 Å². The van der Waals surface area contributed by atoms with Crippen LogP contribution in [0.4, 0.5) is 0 Å². The van der Waals surface area contributed by atoms with Crippen molar-refractivity contribution in [1.82, 2.24) is 0 Å². The van der Waals surface area contributed by atoms with Crippen molar-refractivity contribution in [2.75, 3.05) is 0 Å². The van der Waals surface area contributed by atoms with E-state index < -0.39 is 0 Å². The maximum Gasteiger partial charge on any atom is 0.00707 e. The van der Waals surface area contributed by atoms with Gasteiger partial charge in [-0.2, -0.15) is 0 Å². The average Bonchev–Trinajstić information content (AvgIpc) is 2.81. The van der Waals surface area contributed by atoms with E-state index in [0.29, 0.717) is 17.4 Å². The van der Waals surface area contributed by atoms with Gasteiger partial charge in [-0.05, 0) is 73.0 Å². The molecule has 1 aromatic carbocycles. The van der Waals surface area contributed by atoms with Crippen molar-refractivity contribution in [2.24, 2.45) is 17.1 Å². The highest BCUT2D eigenvalue weighted by Crippen LogP contribution is 2.39. The first-order valence-corrected chi connectivity index (χ1v) is 7.90. The Morgan fingerprint density at radius 2 is 2.00 bits per heavy atom. The van der Waals surface area contributed by atoms with Gasteiger partial charge in [-0.3, -0.25) is 0 Å². The Morgan fingerprint density at radius 3 is 2.84 bits per heavy atom. The number of nitrogens with two attached hydrogens (primary N) is 1. The van der Waals surface area contributed by atoms with Crippen molar-refractivity contribution in [1.29, 1.82) is 0 Å². The minimum atomic E-state index is 0.404. The van der Waals surface area contributed by atoms with Crippen LogP contribution in [0, 0.1) is 11.3 Å². The smallest absolute Gasteiger partial charge is 0.00707 e. The maximum absolute atomic E-state index is 6.36. The molecule has 2 N–H and O–H groups in total. The molecule has 0 saturated heterocycles. The van der Waals surface area contributed by atoms with Crippen molar-refractivity contribution in [2.45, 2.75) is 64.8 Å². The molecule has 0 bridgehead atoms. The van der Waals surface area contributed by atoms with Crippen LogP contribution in [-0.4, -0.2) is 6.04 Å². The van der Waals surface area contributed by atoms with E-state index in [1.165, 1.54) is 50.5 Å². The van der Waals surface area contributed by atoms with E-state index in [9.17, 15) is 0 Å². The van der Waals surface area contributed by atoms with Gasteiger partial charge in [0.15, 0.2) is 0 Å². The Balaban J connectivity index is 1.73. The van der Waals surface area contributed by atoms with Crippen LogP contribution in [0.25, 0.3) is 0 Å². The van der Waals surface area contributed by atoms with Crippen LogP contribution in [0.2, 0.25) is 0 Å². The molecule has 1 aromatic rings. The van der Waals surface area contributed by atoms with Crippen LogP contribution in [0.3, 0.4) is 0 Å². The van der Waals surface area contributed by atoms with Gasteiger partial charge in [0.25, 0.3) is 0 Å². The molecule has 1 fully saturated rings. The largest absolute Gasteiger partial charge is 0.327 e. The third kappa shape index (κ3) is 2.86. The zero-order chi connectivity index (χ0) is 13.5. The van der Waals surface area contributed by atoms with Crippen molar-refractivity contribution in [3.05, 3.63) is 34.9 Å². The van der Waals surface area contributed by atoms with Gasteiger partial charge in [0.2, 0.25) is 0 Å². The van der Waals surface area contributed by atoms with E-state index in [2.05, 4.69) is 32.0 Å². The summed E-state index contributed by atoms with van der Waals surface area (Å²) in [6.07, 6.45) is 8.85. The molecule has 2 atom stereocenters. The standard InChI is InChI=1S/C18H27N/c1-18(2)9-8-17(19)16(12-18)11-13-6-7-14-4-3-5-15(14)10-13/h6-7,10,16-17H,3-5,8-9,11-12,19H2,1-2H3. The zero-order valence-corrected chi connectivity index (χ0v) is 12.4. The first-order valence-electron chi connectivity index (χ1n) is 7.90. The van der Waals surface area contributed by atoms with Gasteiger partial charge in [0.05, 0.1) is 0 Å². The summed E-state index contributed by atoms with van der Waals surface area (Å²) < 4.78 is 0. The maximum atomic E-state index is 6.36. The van der Waals surface area contributed by atoms with Crippen LogP contribution in [-0.2, 0) is 19.3 Å². The predicted octanol–water partition coefficient (Wildman–Crippen LogP) is 3.87. The van der Waals surface area contributed by atoms with Crippen LogP contribution < -0.4 is 5.73 Å². The van der Waals surface area contributed by atoms with Crippen LogP contribution >= 0.6 is 0 Å². The molecule has 104 valence electrons. The third-order valence-electron chi connectivity index (χ3n) is 5.24. The second-order valence-electron chi connectivity index (χ2n) is 7.49. The summed E-state index contributed by atoms with van der Waals surface area (Å²) in [5, 5.41) is 0. The fourth-order valence-electron chi connectivity index (χ4n) is 4.03. The minimum Gasteiger partial charge on any atom is -0.327 e. The van der Waals surface area contributed by atoms with Gasteiger partial charge in [-0.1, -0.05) is 32.0 Å². The van der Waals surface area contributed by atoms with Crippen molar-refractivity contribution in [3.8, 4) is 0 Å². The van der Waals surface area contributed by atoms with Gasteiger partial charge >= 0.3 is 0 Å². The lowest BCUT2D eigenvalue weighted by Gasteiger charge is -2.39. The van der Waals surface area contributed by atoms with Crippen LogP contribution in [0.1, 0.15) is 56.2 Å². The quantitative estimate of drug-likeness (QED) is 0.855. The summed E-state index contributed by atoms with van der Waals surface area (Å²) >= 11 is 0. The minimum absolute atomic E-state index is 0.404. The van der Waals surface area contributed by atoms with Gasteiger partial charge in [-0.25, -0.2) is 0 Å². The van der Waals surface area contributed by atoms with Gasteiger partial charge in [0.1, 0.15) is 0 Å². The highest BCUT2D eigenvalue weighted by molar-refractivity contribution is 5.35. The van der Waals surface area contributed by atoms with E-state index in [0.717, 1.165) is 0 Å². The molecule has 3 rings (SSSR count). The molecule has 1 nitrogen and oxygen atoms in total. The fraction of sp³-hybridized carbons (Fsp3) is 0.667. The average molecular weight is 257 g/mol. The van der Waals surface area contributed by atoms with Gasteiger partial charge < -0.3 is 5.73 Å². The highest BCUT2D eigenvalue weighted by atomic mass is 14.7. The van der Waals surface area contributed by atoms with Gasteiger partial charge in [-0.15, -0.1) is 0 Å². The van der Waals surface area contributed by atoms with E-state index in [-0.39, 0.29) is 0 Å². The Morgan fingerprint density at radius 1 is 1.21 bits per heavy atom. The Bertz CT molecular complexity index is 461. The summed E-state index contributed by atoms with van der Waals surface area (Å²) in [5.74, 6) is 0.670. The first kappa shape index (κ1) is 13.2. The summed E-state index contributed by atoms with van der Waals surface area (Å²) in [6, 6.07) is 7.56. The lowest BCUT2D eigenvalue weighted by molar-refractivity contribution is 0.157. The fourth-order valence-corrected chi connectivity index (χ4v) is 4.03. The lowest BCUT2D eigenvalue weighted by Crippen LogP contribution is -2.40. The van der Waals surface area contributed by atoms with Crippen molar-refractivity contribution < 1.29 is 0 Å². The number of hydrogen-bond donors (Lipinski definition) is 1. The molecule has 2 unspecified atom stereocenters. The predicted molar refractivity (Wildman–Crippen MR) is 81.3 cm³/mol.